The Morgan fingerprint density at radius 2 is 2.16 bits per heavy atom. The molecule has 1 heterocycles. The summed E-state index contributed by atoms with van der Waals surface area (Å²) in [5, 5.41) is 2.97. The van der Waals surface area contributed by atoms with Crippen molar-refractivity contribution in [3.05, 3.63) is 35.4 Å². The van der Waals surface area contributed by atoms with Crippen molar-refractivity contribution in [1.82, 2.24) is 10.2 Å². The Labute approximate surface area is 150 Å². The van der Waals surface area contributed by atoms with Crippen molar-refractivity contribution in [2.45, 2.75) is 65.1 Å². The normalized spacial score (nSPS) is 20.4. The third-order valence-electron chi connectivity index (χ3n) is 4.69. The van der Waals surface area contributed by atoms with Crippen LogP contribution in [0.5, 0.6) is 0 Å². The van der Waals surface area contributed by atoms with Crippen molar-refractivity contribution < 1.29 is 14.3 Å². The van der Waals surface area contributed by atoms with E-state index >= 15 is 0 Å². The zero-order valence-electron chi connectivity index (χ0n) is 15.8. The maximum atomic E-state index is 12.7. The van der Waals surface area contributed by atoms with Gasteiger partial charge in [0.2, 0.25) is 11.8 Å². The highest BCUT2D eigenvalue weighted by Gasteiger charge is 2.46. The minimum Gasteiger partial charge on any atom is -0.379 e. The van der Waals surface area contributed by atoms with Crippen LogP contribution in [0.25, 0.3) is 0 Å². The van der Waals surface area contributed by atoms with E-state index in [4.69, 9.17) is 4.74 Å². The summed E-state index contributed by atoms with van der Waals surface area (Å²) in [5.74, 6) is -0.0298. The van der Waals surface area contributed by atoms with E-state index in [2.05, 4.69) is 11.4 Å². The zero-order chi connectivity index (χ0) is 18.4. The van der Waals surface area contributed by atoms with Crippen LogP contribution in [-0.4, -0.2) is 41.5 Å². The van der Waals surface area contributed by atoms with Gasteiger partial charge < -0.3 is 15.0 Å². The van der Waals surface area contributed by atoms with Gasteiger partial charge >= 0.3 is 0 Å². The fraction of sp³-hybridized carbons (Fsp3) is 0.600. The molecule has 0 spiro atoms. The van der Waals surface area contributed by atoms with Crippen molar-refractivity contribution in [2.24, 2.45) is 0 Å². The summed E-state index contributed by atoms with van der Waals surface area (Å²) in [7, 11) is 0. The molecule has 138 valence electrons. The van der Waals surface area contributed by atoms with Crippen LogP contribution in [0, 0.1) is 6.92 Å². The van der Waals surface area contributed by atoms with Crippen molar-refractivity contribution in [3.63, 3.8) is 0 Å². The lowest BCUT2D eigenvalue weighted by atomic mass is 9.97. The Kier molecular flexibility index (Phi) is 6.59. The summed E-state index contributed by atoms with van der Waals surface area (Å²) in [6.45, 7) is 9.54. The second-order valence-electron chi connectivity index (χ2n) is 7.27. The van der Waals surface area contributed by atoms with Crippen molar-refractivity contribution >= 4 is 11.8 Å². The van der Waals surface area contributed by atoms with Crippen LogP contribution in [-0.2, 0) is 20.9 Å². The average Bonchev–Trinajstić information content (AvgIpc) is 2.84. The largest absolute Gasteiger partial charge is 0.379 e. The minimum atomic E-state index is -0.778. The predicted molar refractivity (Wildman–Crippen MR) is 98.1 cm³/mol. The number of likely N-dealkylation sites (tertiary alicyclic amines) is 1. The van der Waals surface area contributed by atoms with Crippen molar-refractivity contribution in [3.8, 4) is 0 Å². The Morgan fingerprint density at radius 3 is 2.84 bits per heavy atom. The van der Waals surface area contributed by atoms with Gasteiger partial charge in [0, 0.05) is 26.1 Å². The third-order valence-corrected chi connectivity index (χ3v) is 4.69. The molecule has 1 aromatic rings. The first kappa shape index (κ1) is 19.4. The van der Waals surface area contributed by atoms with Gasteiger partial charge in [0.25, 0.3) is 0 Å². The van der Waals surface area contributed by atoms with Crippen LogP contribution in [0.4, 0.5) is 0 Å². The number of nitrogens with one attached hydrogen (secondary N) is 1. The maximum absolute atomic E-state index is 12.7. The van der Waals surface area contributed by atoms with E-state index in [1.165, 1.54) is 0 Å². The topological polar surface area (TPSA) is 58.6 Å². The molecule has 0 bridgehead atoms. The molecule has 0 radical (unpaired) electrons. The molecule has 1 aromatic carbocycles. The van der Waals surface area contributed by atoms with E-state index in [1.807, 2.05) is 45.9 Å². The van der Waals surface area contributed by atoms with E-state index in [1.54, 1.807) is 4.90 Å². The lowest BCUT2D eigenvalue weighted by Gasteiger charge is -2.34. The van der Waals surface area contributed by atoms with Gasteiger partial charge in [-0.3, -0.25) is 9.59 Å². The molecule has 5 nitrogen and oxygen atoms in total. The summed E-state index contributed by atoms with van der Waals surface area (Å²) < 4.78 is 5.49. The number of aryl methyl sites for hydroxylation is 1. The van der Waals surface area contributed by atoms with Crippen LogP contribution in [0.15, 0.2) is 24.3 Å². The highest BCUT2D eigenvalue weighted by molar-refractivity contribution is 5.94. The van der Waals surface area contributed by atoms with E-state index in [9.17, 15) is 9.59 Å². The lowest BCUT2D eigenvalue weighted by Crippen LogP contribution is -2.54. The number of benzene rings is 1. The Hall–Kier alpha value is -1.88. The molecule has 1 fully saturated rings. The molecular weight excluding hydrogens is 316 g/mol. The molecule has 0 unspecified atom stereocenters. The van der Waals surface area contributed by atoms with Gasteiger partial charge in [-0.05, 0) is 46.1 Å². The first-order chi connectivity index (χ1) is 11.8. The number of nitrogens with zero attached hydrogens (tertiary/aromatic N) is 1. The average molecular weight is 346 g/mol. The Balaban J connectivity index is 1.96. The first-order valence-electron chi connectivity index (χ1n) is 9.09. The summed E-state index contributed by atoms with van der Waals surface area (Å²) >= 11 is 0. The second kappa shape index (κ2) is 8.48. The molecule has 1 N–H and O–H groups in total. The van der Waals surface area contributed by atoms with Crippen LogP contribution >= 0.6 is 0 Å². The lowest BCUT2D eigenvalue weighted by molar-refractivity contribution is -0.141. The van der Waals surface area contributed by atoms with Crippen molar-refractivity contribution in [2.75, 3.05) is 13.2 Å². The molecular formula is C20H30N2O3. The molecule has 25 heavy (non-hydrogen) atoms. The molecule has 1 saturated heterocycles. The number of carbonyl (C=O) groups excluding carboxylic acids is 2. The number of rotatable bonds is 8. The quantitative estimate of drug-likeness (QED) is 0.737. The monoisotopic (exact) mass is 346 g/mol. The number of hydrogen-bond acceptors (Lipinski definition) is 3. The van der Waals surface area contributed by atoms with Gasteiger partial charge in [-0.15, -0.1) is 0 Å². The minimum absolute atomic E-state index is 0.0438. The first-order valence-corrected chi connectivity index (χ1v) is 9.09. The van der Waals surface area contributed by atoms with E-state index < -0.39 is 5.54 Å². The highest BCUT2D eigenvalue weighted by Crippen LogP contribution is 2.32. The molecule has 1 aliphatic rings. The summed E-state index contributed by atoms with van der Waals surface area (Å²) in [5.41, 5.74) is 1.43. The number of hydrogen-bond donors (Lipinski definition) is 1. The van der Waals surface area contributed by atoms with Crippen LogP contribution in [0.2, 0.25) is 0 Å². The Bertz CT molecular complexity index is 615. The molecule has 0 saturated carbocycles. The van der Waals surface area contributed by atoms with E-state index in [-0.39, 0.29) is 17.9 Å². The summed E-state index contributed by atoms with van der Waals surface area (Å²) in [6, 6.07) is 8.07. The highest BCUT2D eigenvalue weighted by atomic mass is 16.5. The summed E-state index contributed by atoms with van der Waals surface area (Å²) in [4.78, 5) is 26.8. The number of ether oxygens (including phenoxy) is 1. The molecule has 2 amide bonds. The molecule has 5 heteroatoms. The van der Waals surface area contributed by atoms with Gasteiger partial charge in [-0.2, -0.15) is 0 Å². The number of carbonyl (C=O) groups is 2. The second-order valence-corrected chi connectivity index (χ2v) is 7.27. The van der Waals surface area contributed by atoms with E-state index in [0.717, 1.165) is 17.5 Å². The van der Waals surface area contributed by atoms with Gasteiger partial charge in [0.15, 0.2) is 0 Å². The molecule has 0 aromatic heterocycles. The standard InChI is InChI=1S/C20H30N2O3/c1-15(2)25-12-6-11-21-19(24)20(4)10-9-18(23)22(20)14-17-8-5-7-16(3)13-17/h5,7-8,13,15H,6,9-12,14H2,1-4H3,(H,21,24)/t20-/m0/s1. The fourth-order valence-corrected chi connectivity index (χ4v) is 3.17. The predicted octanol–water partition coefficient (Wildman–Crippen LogP) is 2.81. The Morgan fingerprint density at radius 1 is 1.40 bits per heavy atom. The van der Waals surface area contributed by atoms with Crippen molar-refractivity contribution in [1.29, 1.82) is 0 Å². The van der Waals surface area contributed by atoms with Gasteiger partial charge in [-0.25, -0.2) is 0 Å². The van der Waals surface area contributed by atoms with Gasteiger partial charge in [-0.1, -0.05) is 29.8 Å². The number of amides is 2. The maximum Gasteiger partial charge on any atom is 0.245 e. The van der Waals surface area contributed by atoms with Crippen LogP contribution in [0.3, 0.4) is 0 Å². The van der Waals surface area contributed by atoms with Crippen LogP contribution in [0.1, 0.15) is 51.2 Å². The fourth-order valence-electron chi connectivity index (χ4n) is 3.17. The van der Waals surface area contributed by atoms with Gasteiger partial charge in [0.05, 0.1) is 6.10 Å². The van der Waals surface area contributed by atoms with E-state index in [0.29, 0.717) is 32.5 Å². The molecule has 1 aliphatic heterocycles. The summed E-state index contributed by atoms with van der Waals surface area (Å²) in [6.07, 6.45) is 1.95. The molecule has 1 atom stereocenters. The zero-order valence-corrected chi connectivity index (χ0v) is 15.8. The smallest absolute Gasteiger partial charge is 0.245 e. The third kappa shape index (κ3) is 5.05. The van der Waals surface area contributed by atoms with Gasteiger partial charge in [0.1, 0.15) is 5.54 Å². The SMILES string of the molecule is Cc1cccc(CN2C(=O)CC[C@@]2(C)C(=O)NCCCOC(C)C)c1. The van der Waals surface area contributed by atoms with Crippen LogP contribution < -0.4 is 5.32 Å². The molecule has 2 rings (SSSR count). The molecule has 0 aliphatic carbocycles.